The molecule has 2 N–H and O–H groups in total. The molecule has 0 bridgehead atoms. The molecule has 0 spiro atoms. The Hall–Kier alpha value is -1.20. The van der Waals surface area contributed by atoms with Crippen LogP contribution >= 0.6 is 0 Å². The summed E-state index contributed by atoms with van der Waals surface area (Å²) in [5.41, 5.74) is 0.988. The highest BCUT2D eigenvalue weighted by atomic mass is 19.3. The maximum absolute atomic E-state index is 12.0. The lowest BCUT2D eigenvalue weighted by Gasteiger charge is -2.15. The van der Waals surface area contributed by atoms with E-state index in [1.165, 1.54) is 12.1 Å². The van der Waals surface area contributed by atoms with E-state index in [2.05, 4.69) is 10.1 Å². The molecule has 1 rings (SSSR count). The molecule has 1 aromatic rings. The Morgan fingerprint density at radius 1 is 1.22 bits per heavy atom. The highest BCUT2D eigenvalue weighted by Gasteiger charge is 2.07. The predicted octanol–water partition coefficient (Wildman–Crippen LogP) is 2.71. The highest BCUT2D eigenvalue weighted by molar-refractivity contribution is 5.28. The highest BCUT2D eigenvalue weighted by Crippen LogP contribution is 2.19. The van der Waals surface area contributed by atoms with E-state index in [9.17, 15) is 8.78 Å². The second-order valence-corrected chi connectivity index (χ2v) is 4.26. The van der Waals surface area contributed by atoms with Crippen LogP contribution in [-0.4, -0.2) is 24.4 Å². The van der Waals surface area contributed by atoms with Crippen LogP contribution in [0, 0.1) is 0 Å². The molecule has 2 atom stereocenters. The van der Waals surface area contributed by atoms with E-state index in [1.54, 1.807) is 19.1 Å². The Balaban J connectivity index is 2.46. The first-order valence-corrected chi connectivity index (χ1v) is 5.95. The fourth-order valence-electron chi connectivity index (χ4n) is 1.56. The zero-order chi connectivity index (χ0) is 13.5. The van der Waals surface area contributed by atoms with Gasteiger partial charge in [-0.05, 0) is 44.5 Å². The van der Waals surface area contributed by atoms with Gasteiger partial charge in [-0.15, -0.1) is 0 Å². The number of rotatable bonds is 7. The number of halogens is 2. The van der Waals surface area contributed by atoms with Crippen LogP contribution < -0.4 is 10.1 Å². The minimum absolute atomic E-state index is 0.101. The molecule has 2 unspecified atom stereocenters. The Morgan fingerprint density at radius 3 is 2.33 bits per heavy atom. The molecule has 0 fully saturated rings. The first kappa shape index (κ1) is 14.9. The van der Waals surface area contributed by atoms with Gasteiger partial charge in [-0.2, -0.15) is 8.78 Å². The number of hydrogen-bond donors (Lipinski definition) is 2. The molecule has 18 heavy (non-hydrogen) atoms. The van der Waals surface area contributed by atoms with Crippen molar-refractivity contribution < 1.29 is 18.6 Å². The van der Waals surface area contributed by atoms with Gasteiger partial charge in [0.25, 0.3) is 0 Å². The van der Waals surface area contributed by atoms with Gasteiger partial charge >= 0.3 is 6.61 Å². The minimum atomic E-state index is -2.79. The van der Waals surface area contributed by atoms with Crippen LogP contribution in [0.3, 0.4) is 0 Å². The summed E-state index contributed by atoms with van der Waals surface area (Å²) in [5, 5.41) is 12.4. The van der Waals surface area contributed by atoms with Gasteiger partial charge in [0.1, 0.15) is 5.75 Å². The summed E-state index contributed by atoms with van der Waals surface area (Å²) in [4.78, 5) is 0. The van der Waals surface area contributed by atoms with Crippen molar-refractivity contribution in [2.45, 2.75) is 39.0 Å². The van der Waals surface area contributed by atoms with Gasteiger partial charge in [0.15, 0.2) is 0 Å². The number of aliphatic hydroxyl groups is 1. The minimum Gasteiger partial charge on any atom is -0.435 e. The second kappa shape index (κ2) is 7.28. The summed E-state index contributed by atoms with van der Waals surface area (Å²) >= 11 is 0. The van der Waals surface area contributed by atoms with Gasteiger partial charge in [0.2, 0.25) is 0 Å². The molecule has 0 aliphatic heterocycles. The van der Waals surface area contributed by atoms with Crippen molar-refractivity contribution in [1.29, 1.82) is 0 Å². The zero-order valence-electron chi connectivity index (χ0n) is 10.6. The van der Waals surface area contributed by atoms with Crippen LogP contribution in [0.2, 0.25) is 0 Å². The monoisotopic (exact) mass is 259 g/mol. The van der Waals surface area contributed by atoms with Crippen molar-refractivity contribution in [3.63, 3.8) is 0 Å². The van der Waals surface area contributed by atoms with Gasteiger partial charge in [0.05, 0.1) is 6.10 Å². The molecular formula is C13H19F2NO2. The van der Waals surface area contributed by atoms with Crippen LogP contribution in [-0.2, 0) is 0 Å². The Bertz CT molecular complexity index is 341. The maximum Gasteiger partial charge on any atom is 0.387 e. The fourth-order valence-corrected chi connectivity index (χ4v) is 1.56. The number of ether oxygens (including phenoxy) is 1. The van der Waals surface area contributed by atoms with Gasteiger partial charge in [-0.1, -0.05) is 12.1 Å². The van der Waals surface area contributed by atoms with Crippen molar-refractivity contribution in [3.05, 3.63) is 29.8 Å². The number of aliphatic hydroxyl groups excluding tert-OH is 1. The molecule has 102 valence electrons. The fraction of sp³-hybridized carbons (Fsp3) is 0.538. The standard InChI is InChI=1S/C13H19F2NO2/c1-9(17)7-8-16-10(2)11-3-5-12(6-4-11)18-13(14)15/h3-6,9-10,13,16-17H,7-8H2,1-2H3. The predicted molar refractivity (Wildman–Crippen MR) is 65.8 cm³/mol. The van der Waals surface area contributed by atoms with E-state index in [4.69, 9.17) is 5.11 Å². The smallest absolute Gasteiger partial charge is 0.387 e. The van der Waals surface area contributed by atoms with Crippen molar-refractivity contribution in [1.82, 2.24) is 5.32 Å². The average Bonchev–Trinajstić information content (AvgIpc) is 2.28. The third-order valence-electron chi connectivity index (χ3n) is 2.62. The first-order chi connectivity index (χ1) is 8.49. The summed E-state index contributed by atoms with van der Waals surface area (Å²) in [6, 6.07) is 6.64. The van der Waals surface area contributed by atoms with E-state index < -0.39 is 6.61 Å². The topological polar surface area (TPSA) is 41.5 Å². The number of hydrogen-bond acceptors (Lipinski definition) is 3. The molecule has 1 aromatic carbocycles. The Morgan fingerprint density at radius 2 is 1.83 bits per heavy atom. The largest absolute Gasteiger partial charge is 0.435 e. The average molecular weight is 259 g/mol. The van der Waals surface area contributed by atoms with Crippen LogP contribution in [0.4, 0.5) is 8.78 Å². The molecule has 5 heteroatoms. The van der Waals surface area contributed by atoms with Gasteiger partial charge < -0.3 is 15.2 Å². The van der Waals surface area contributed by atoms with Crippen LogP contribution in [0.15, 0.2) is 24.3 Å². The molecule has 0 aliphatic carbocycles. The summed E-state index contributed by atoms with van der Waals surface area (Å²) in [7, 11) is 0. The molecule has 3 nitrogen and oxygen atoms in total. The first-order valence-electron chi connectivity index (χ1n) is 5.95. The van der Waals surface area contributed by atoms with Gasteiger partial charge in [-0.25, -0.2) is 0 Å². The number of benzene rings is 1. The lowest BCUT2D eigenvalue weighted by molar-refractivity contribution is -0.0498. The van der Waals surface area contributed by atoms with Crippen molar-refractivity contribution in [2.75, 3.05) is 6.54 Å². The third-order valence-corrected chi connectivity index (χ3v) is 2.62. The van der Waals surface area contributed by atoms with Crippen molar-refractivity contribution in [2.24, 2.45) is 0 Å². The summed E-state index contributed by atoms with van der Waals surface area (Å²) < 4.78 is 28.2. The molecule has 0 aliphatic rings. The molecule has 0 heterocycles. The number of nitrogens with one attached hydrogen (secondary N) is 1. The quantitative estimate of drug-likeness (QED) is 0.791. The van der Waals surface area contributed by atoms with E-state index in [0.717, 1.165) is 5.56 Å². The van der Waals surface area contributed by atoms with E-state index in [0.29, 0.717) is 13.0 Å². The van der Waals surface area contributed by atoms with Crippen molar-refractivity contribution >= 4 is 0 Å². The molecule has 0 radical (unpaired) electrons. The SMILES string of the molecule is CC(O)CCNC(C)c1ccc(OC(F)F)cc1. The summed E-state index contributed by atoms with van der Waals surface area (Å²) in [5.74, 6) is 0.157. The maximum atomic E-state index is 12.0. The lowest BCUT2D eigenvalue weighted by atomic mass is 10.1. The molecule has 0 aromatic heterocycles. The van der Waals surface area contributed by atoms with Crippen LogP contribution in [0.1, 0.15) is 31.9 Å². The normalized spacial score (nSPS) is 14.6. The molecule has 0 saturated heterocycles. The Labute approximate surface area is 106 Å². The van der Waals surface area contributed by atoms with Crippen molar-refractivity contribution in [3.8, 4) is 5.75 Å². The third kappa shape index (κ3) is 5.42. The van der Waals surface area contributed by atoms with Gasteiger partial charge in [0, 0.05) is 6.04 Å². The Kier molecular flexibility index (Phi) is 6.01. The van der Waals surface area contributed by atoms with E-state index >= 15 is 0 Å². The van der Waals surface area contributed by atoms with Crippen LogP contribution in [0.25, 0.3) is 0 Å². The van der Waals surface area contributed by atoms with Gasteiger partial charge in [-0.3, -0.25) is 0 Å². The molecule has 0 saturated carbocycles. The van der Waals surface area contributed by atoms with E-state index in [1.807, 2.05) is 6.92 Å². The molecule has 0 amide bonds. The zero-order valence-corrected chi connectivity index (χ0v) is 10.6. The van der Waals surface area contributed by atoms with Crippen LogP contribution in [0.5, 0.6) is 5.75 Å². The second-order valence-electron chi connectivity index (χ2n) is 4.26. The van der Waals surface area contributed by atoms with E-state index in [-0.39, 0.29) is 17.9 Å². The molecular weight excluding hydrogens is 240 g/mol. The number of alkyl halides is 2. The summed E-state index contributed by atoms with van der Waals surface area (Å²) in [6.45, 7) is 1.62. The summed E-state index contributed by atoms with van der Waals surface area (Å²) in [6.07, 6.45) is 0.350. The lowest BCUT2D eigenvalue weighted by Crippen LogP contribution is -2.22.